The summed E-state index contributed by atoms with van der Waals surface area (Å²) in [5, 5.41) is 12.0. The first-order valence-corrected chi connectivity index (χ1v) is 7.82. The number of carbonyl (C=O) groups excluding carboxylic acids is 2. The largest absolute Gasteiger partial charge is 0.508 e. The number of hydrogen-bond donors (Lipinski definition) is 2. The molecule has 0 aliphatic rings. The molecule has 0 fully saturated rings. The first kappa shape index (κ1) is 17.5. The molecule has 24 heavy (non-hydrogen) atoms. The Balaban J connectivity index is 1.93. The molecule has 0 aromatic heterocycles. The van der Waals surface area contributed by atoms with Crippen molar-refractivity contribution >= 4 is 11.9 Å². The molecule has 0 spiro atoms. The summed E-state index contributed by atoms with van der Waals surface area (Å²) in [6.07, 6.45) is 2.06. The fourth-order valence-corrected chi connectivity index (χ4v) is 2.40. The molecule has 0 heterocycles. The highest BCUT2D eigenvalue weighted by molar-refractivity contribution is 5.96. The Morgan fingerprint density at radius 1 is 1.08 bits per heavy atom. The predicted molar refractivity (Wildman–Crippen MR) is 90.8 cm³/mol. The molecular formula is C19H21NO4. The number of amides is 1. The van der Waals surface area contributed by atoms with Gasteiger partial charge in [-0.2, -0.15) is 0 Å². The van der Waals surface area contributed by atoms with Crippen LogP contribution in [0.2, 0.25) is 0 Å². The van der Waals surface area contributed by atoms with Crippen molar-refractivity contribution in [2.24, 2.45) is 0 Å². The van der Waals surface area contributed by atoms with Crippen LogP contribution >= 0.6 is 0 Å². The number of phenolic OH excluding ortho intramolecular Hbond substituents is 1. The molecule has 2 N–H and O–H groups in total. The molecule has 0 saturated heterocycles. The van der Waals surface area contributed by atoms with Gasteiger partial charge in [0.25, 0.3) is 5.91 Å². The summed E-state index contributed by atoms with van der Waals surface area (Å²) >= 11 is 0. The van der Waals surface area contributed by atoms with E-state index in [4.69, 9.17) is 4.74 Å². The topological polar surface area (TPSA) is 75.6 Å². The lowest BCUT2D eigenvalue weighted by atomic mass is 10.0. The summed E-state index contributed by atoms with van der Waals surface area (Å²) < 4.78 is 4.78. The van der Waals surface area contributed by atoms with Crippen LogP contribution in [0.15, 0.2) is 54.6 Å². The van der Waals surface area contributed by atoms with Crippen molar-refractivity contribution in [2.45, 2.75) is 25.3 Å². The molecular weight excluding hydrogens is 306 g/mol. The lowest BCUT2D eigenvalue weighted by Crippen LogP contribution is -2.41. The maximum atomic E-state index is 12.2. The number of rotatable bonds is 7. The van der Waals surface area contributed by atoms with Gasteiger partial charge in [-0.3, -0.25) is 4.79 Å². The minimum Gasteiger partial charge on any atom is -0.508 e. The van der Waals surface area contributed by atoms with E-state index in [0.29, 0.717) is 12.0 Å². The van der Waals surface area contributed by atoms with Crippen LogP contribution in [-0.2, 0) is 16.0 Å². The molecule has 0 radical (unpaired) electrons. The van der Waals surface area contributed by atoms with E-state index >= 15 is 0 Å². The van der Waals surface area contributed by atoms with Crippen LogP contribution in [0.1, 0.15) is 28.8 Å². The number of ether oxygens (including phenoxy) is 1. The Hall–Kier alpha value is -2.82. The molecule has 0 unspecified atom stereocenters. The number of methoxy groups -OCH3 is 1. The molecule has 2 rings (SSSR count). The van der Waals surface area contributed by atoms with Gasteiger partial charge >= 0.3 is 5.97 Å². The van der Waals surface area contributed by atoms with E-state index < -0.39 is 12.0 Å². The normalized spacial score (nSPS) is 11.5. The van der Waals surface area contributed by atoms with Crippen LogP contribution in [0.3, 0.4) is 0 Å². The van der Waals surface area contributed by atoms with E-state index in [1.807, 2.05) is 30.3 Å². The Morgan fingerprint density at radius 2 is 1.75 bits per heavy atom. The van der Waals surface area contributed by atoms with E-state index in [-0.39, 0.29) is 11.7 Å². The van der Waals surface area contributed by atoms with Gasteiger partial charge in [0.2, 0.25) is 0 Å². The van der Waals surface area contributed by atoms with Crippen molar-refractivity contribution in [3.8, 4) is 5.75 Å². The number of carbonyl (C=O) groups is 2. The van der Waals surface area contributed by atoms with Crippen LogP contribution in [0, 0.1) is 0 Å². The van der Waals surface area contributed by atoms with Crippen molar-refractivity contribution in [1.82, 2.24) is 5.32 Å². The van der Waals surface area contributed by atoms with E-state index in [0.717, 1.165) is 12.8 Å². The Labute approximate surface area is 141 Å². The summed E-state index contributed by atoms with van der Waals surface area (Å²) in [4.78, 5) is 24.1. The average molecular weight is 327 g/mol. The highest BCUT2D eigenvalue weighted by Gasteiger charge is 2.21. The molecule has 2 aromatic carbocycles. The zero-order valence-electron chi connectivity index (χ0n) is 13.6. The van der Waals surface area contributed by atoms with Gasteiger partial charge in [-0.15, -0.1) is 0 Å². The molecule has 1 amide bonds. The van der Waals surface area contributed by atoms with Crippen molar-refractivity contribution in [3.63, 3.8) is 0 Å². The van der Waals surface area contributed by atoms with Crippen LogP contribution in [-0.4, -0.2) is 30.1 Å². The second kappa shape index (κ2) is 8.72. The second-order valence-corrected chi connectivity index (χ2v) is 5.47. The number of benzene rings is 2. The maximum Gasteiger partial charge on any atom is 0.328 e. The number of aromatic hydroxyl groups is 1. The summed E-state index contributed by atoms with van der Waals surface area (Å²) in [5.74, 6) is -0.751. The predicted octanol–water partition coefficient (Wildman–Crippen LogP) is 2.69. The molecule has 0 saturated carbocycles. The number of phenols is 1. The molecule has 1 atom stereocenters. The van der Waals surface area contributed by atoms with E-state index in [1.54, 1.807) is 0 Å². The smallest absolute Gasteiger partial charge is 0.328 e. The lowest BCUT2D eigenvalue weighted by Gasteiger charge is -2.16. The fourth-order valence-electron chi connectivity index (χ4n) is 2.40. The molecule has 2 aromatic rings. The second-order valence-electron chi connectivity index (χ2n) is 5.47. The van der Waals surface area contributed by atoms with E-state index in [1.165, 1.54) is 36.9 Å². The van der Waals surface area contributed by atoms with Gasteiger partial charge in [-0.1, -0.05) is 30.3 Å². The third-order valence-electron chi connectivity index (χ3n) is 3.72. The summed E-state index contributed by atoms with van der Waals surface area (Å²) in [6, 6.07) is 15.1. The van der Waals surface area contributed by atoms with Gasteiger partial charge < -0.3 is 15.2 Å². The highest BCUT2D eigenvalue weighted by Crippen LogP contribution is 2.11. The van der Waals surface area contributed by atoms with Crippen molar-refractivity contribution in [3.05, 3.63) is 65.7 Å². The van der Waals surface area contributed by atoms with Crippen molar-refractivity contribution in [2.75, 3.05) is 7.11 Å². The van der Waals surface area contributed by atoms with Crippen molar-refractivity contribution < 1.29 is 19.4 Å². The molecule has 0 aliphatic heterocycles. The third kappa shape index (κ3) is 5.12. The van der Waals surface area contributed by atoms with Crippen LogP contribution < -0.4 is 5.32 Å². The Morgan fingerprint density at radius 3 is 2.38 bits per heavy atom. The standard InChI is InChI=1S/C19H21NO4/c1-24-19(23)17(9-5-8-14-6-3-2-4-7-14)20-18(22)15-10-12-16(21)13-11-15/h2-4,6-7,10-13,17,21H,5,8-9H2,1H3,(H,20,22)/t17-/m0/s1. The van der Waals surface area contributed by atoms with Gasteiger partial charge in [0, 0.05) is 5.56 Å². The number of nitrogens with one attached hydrogen (secondary N) is 1. The van der Waals surface area contributed by atoms with Gasteiger partial charge in [-0.05, 0) is 49.1 Å². The zero-order chi connectivity index (χ0) is 17.4. The fraction of sp³-hybridized carbons (Fsp3) is 0.263. The number of hydrogen-bond acceptors (Lipinski definition) is 4. The first-order chi connectivity index (χ1) is 11.6. The Bertz CT molecular complexity index is 668. The number of aryl methyl sites for hydroxylation is 1. The minimum atomic E-state index is -0.694. The van der Waals surface area contributed by atoms with Crippen molar-refractivity contribution in [1.29, 1.82) is 0 Å². The van der Waals surface area contributed by atoms with Gasteiger partial charge in [-0.25, -0.2) is 4.79 Å². The van der Waals surface area contributed by atoms with Gasteiger partial charge in [0.1, 0.15) is 11.8 Å². The summed E-state index contributed by atoms with van der Waals surface area (Å²) in [7, 11) is 1.30. The first-order valence-electron chi connectivity index (χ1n) is 7.82. The van der Waals surface area contributed by atoms with Crippen LogP contribution in [0.5, 0.6) is 5.75 Å². The molecule has 0 bridgehead atoms. The Kier molecular flexibility index (Phi) is 6.37. The summed E-state index contributed by atoms with van der Waals surface area (Å²) in [6.45, 7) is 0. The molecule has 5 heteroatoms. The number of esters is 1. The quantitative estimate of drug-likeness (QED) is 0.767. The molecule has 126 valence electrons. The monoisotopic (exact) mass is 327 g/mol. The zero-order valence-corrected chi connectivity index (χ0v) is 13.6. The van der Waals surface area contributed by atoms with Gasteiger partial charge in [0.15, 0.2) is 0 Å². The average Bonchev–Trinajstić information content (AvgIpc) is 2.61. The lowest BCUT2D eigenvalue weighted by molar-refractivity contribution is -0.143. The SMILES string of the molecule is COC(=O)[C@H](CCCc1ccccc1)NC(=O)c1ccc(O)cc1. The maximum absolute atomic E-state index is 12.2. The highest BCUT2D eigenvalue weighted by atomic mass is 16.5. The van der Waals surface area contributed by atoms with E-state index in [2.05, 4.69) is 5.32 Å². The van der Waals surface area contributed by atoms with Gasteiger partial charge in [0.05, 0.1) is 7.11 Å². The summed E-state index contributed by atoms with van der Waals surface area (Å²) in [5.41, 5.74) is 1.57. The van der Waals surface area contributed by atoms with Crippen LogP contribution in [0.25, 0.3) is 0 Å². The minimum absolute atomic E-state index is 0.0823. The molecule has 5 nitrogen and oxygen atoms in total. The van der Waals surface area contributed by atoms with E-state index in [9.17, 15) is 14.7 Å². The molecule has 0 aliphatic carbocycles. The third-order valence-corrected chi connectivity index (χ3v) is 3.72. The van der Waals surface area contributed by atoms with Crippen LogP contribution in [0.4, 0.5) is 0 Å².